The Kier molecular flexibility index (Phi) is 5.83. The van der Waals surface area contributed by atoms with E-state index in [2.05, 4.69) is 5.32 Å². The molecule has 0 fully saturated rings. The molecule has 0 radical (unpaired) electrons. The fourth-order valence-electron chi connectivity index (χ4n) is 0.935. The molecule has 0 saturated carbocycles. The number of carbonyl (C=O) groups excluding carboxylic acids is 1. The molecule has 90 valence electrons. The van der Waals surface area contributed by atoms with E-state index in [9.17, 15) is 9.90 Å². The van der Waals surface area contributed by atoms with Gasteiger partial charge in [-0.3, -0.25) is 4.79 Å². The van der Waals surface area contributed by atoms with Crippen molar-refractivity contribution >= 4 is 5.97 Å². The van der Waals surface area contributed by atoms with Gasteiger partial charge in [0.15, 0.2) is 0 Å². The van der Waals surface area contributed by atoms with Gasteiger partial charge >= 0.3 is 5.97 Å². The van der Waals surface area contributed by atoms with Crippen LogP contribution in [0.15, 0.2) is 0 Å². The van der Waals surface area contributed by atoms with Crippen molar-refractivity contribution in [1.82, 2.24) is 5.32 Å². The zero-order valence-corrected chi connectivity index (χ0v) is 10.3. The first kappa shape index (κ1) is 14.4. The topological polar surface area (TPSA) is 58.6 Å². The molecular weight excluding hydrogens is 194 g/mol. The first-order chi connectivity index (χ1) is 6.72. The van der Waals surface area contributed by atoms with E-state index in [1.165, 1.54) is 0 Å². The molecule has 4 nitrogen and oxygen atoms in total. The highest BCUT2D eigenvalue weighted by molar-refractivity contribution is 5.72. The number of carbonyl (C=O) groups is 1. The maximum atomic E-state index is 11.2. The highest BCUT2D eigenvalue weighted by atomic mass is 16.6. The first-order valence-electron chi connectivity index (χ1n) is 5.33. The maximum Gasteiger partial charge on any atom is 0.320 e. The summed E-state index contributed by atoms with van der Waals surface area (Å²) < 4.78 is 5.10. The summed E-state index contributed by atoms with van der Waals surface area (Å²) in [6, 6.07) is 0. The van der Waals surface area contributed by atoms with Crippen LogP contribution in [0.25, 0.3) is 0 Å². The van der Waals surface area contributed by atoms with Gasteiger partial charge in [-0.2, -0.15) is 0 Å². The van der Waals surface area contributed by atoms with Crippen LogP contribution in [0.1, 0.15) is 34.6 Å². The van der Waals surface area contributed by atoms with Gasteiger partial charge in [0.2, 0.25) is 0 Å². The summed E-state index contributed by atoms with van der Waals surface area (Å²) in [5, 5.41) is 12.3. The SMILES string of the molecule is CC(C)C(O)CNCC(=O)OC(C)(C)C. The predicted molar refractivity (Wildman–Crippen MR) is 59.6 cm³/mol. The Bertz CT molecular complexity index is 196. The lowest BCUT2D eigenvalue weighted by molar-refractivity contribution is -0.153. The Balaban J connectivity index is 3.65. The van der Waals surface area contributed by atoms with Crippen LogP contribution in [0.4, 0.5) is 0 Å². The molecule has 4 heteroatoms. The highest BCUT2D eigenvalue weighted by Crippen LogP contribution is 2.06. The van der Waals surface area contributed by atoms with E-state index < -0.39 is 11.7 Å². The predicted octanol–water partition coefficient (Wildman–Crippen LogP) is 0.935. The molecule has 0 aromatic carbocycles. The van der Waals surface area contributed by atoms with Gasteiger partial charge in [-0.25, -0.2) is 0 Å². The molecule has 2 N–H and O–H groups in total. The van der Waals surface area contributed by atoms with Crippen molar-refractivity contribution in [2.75, 3.05) is 13.1 Å². The van der Waals surface area contributed by atoms with E-state index in [1.54, 1.807) is 0 Å². The van der Waals surface area contributed by atoms with Crippen molar-refractivity contribution in [1.29, 1.82) is 0 Å². The normalized spacial score (nSPS) is 14.1. The minimum absolute atomic E-state index is 0.140. The Morgan fingerprint density at radius 1 is 1.40 bits per heavy atom. The van der Waals surface area contributed by atoms with Crippen LogP contribution in [0, 0.1) is 5.92 Å². The minimum Gasteiger partial charge on any atom is -0.459 e. The Hall–Kier alpha value is -0.610. The maximum absolute atomic E-state index is 11.2. The van der Waals surface area contributed by atoms with Gasteiger partial charge in [0.05, 0.1) is 12.6 Å². The molecule has 0 saturated heterocycles. The quantitative estimate of drug-likeness (QED) is 0.673. The first-order valence-corrected chi connectivity index (χ1v) is 5.33. The van der Waals surface area contributed by atoms with Gasteiger partial charge in [-0.1, -0.05) is 13.8 Å². The molecule has 0 heterocycles. The average Bonchev–Trinajstić information content (AvgIpc) is 2.00. The number of hydrogen-bond donors (Lipinski definition) is 2. The van der Waals surface area contributed by atoms with Crippen LogP contribution >= 0.6 is 0 Å². The van der Waals surface area contributed by atoms with Gasteiger partial charge in [-0.15, -0.1) is 0 Å². The van der Waals surface area contributed by atoms with Crippen LogP contribution in [-0.2, 0) is 9.53 Å². The van der Waals surface area contributed by atoms with Crippen molar-refractivity contribution in [3.63, 3.8) is 0 Å². The summed E-state index contributed by atoms with van der Waals surface area (Å²) in [5.41, 5.74) is -0.449. The fraction of sp³-hybridized carbons (Fsp3) is 0.909. The van der Waals surface area contributed by atoms with Crippen LogP contribution in [0.2, 0.25) is 0 Å². The number of hydrogen-bond acceptors (Lipinski definition) is 4. The Morgan fingerprint density at radius 3 is 2.33 bits per heavy atom. The summed E-state index contributed by atoms with van der Waals surface area (Å²) in [6.45, 7) is 9.90. The summed E-state index contributed by atoms with van der Waals surface area (Å²) in [7, 11) is 0. The smallest absolute Gasteiger partial charge is 0.320 e. The van der Waals surface area contributed by atoms with E-state index in [0.717, 1.165) is 0 Å². The van der Waals surface area contributed by atoms with Gasteiger partial charge in [0, 0.05) is 6.54 Å². The van der Waals surface area contributed by atoms with Crippen molar-refractivity contribution < 1.29 is 14.6 Å². The second-order valence-corrected chi connectivity index (χ2v) is 5.03. The Morgan fingerprint density at radius 2 is 1.93 bits per heavy atom. The molecule has 0 bridgehead atoms. The highest BCUT2D eigenvalue weighted by Gasteiger charge is 2.16. The van der Waals surface area contributed by atoms with Crippen LogP contribution in [0.5, 0.6) is 0 Å². The van der Waals surface area contributed by atoms with Crippen molar-refractivity contribution in [2.24, 2.45) is 5.92 Å². The van der Waals surface area contributed by atoms with Crippen LogP contribution in [-0.4, -0.2) is 35.9 Å². The number of esters is 1. The molecule has 15 heavy (non-hydrogen) atoms. The zero-order chi connectivity index (χ0) is 12.1. The summed E-state index contributed by atoms with van der Waals surface area (Å²) in [6.07, 6.45) is -0.424. The summed E-state index contributed by atoms with van der Waals surface area (Å²) in [5.74, 6) is -0.102. The van der Waals surface area contributed by atoms with Crippen LogP contribution in [0.3, 0.4) is 0 Å². The van der Waals surface area contributed by atoms with Crippen molar-refractivity contribution in [3.05, 3.63) is 0 Å². The van der Waals surface area contributed by atoms with E-state index in [-0.39, 0.29) is 18.4 Å². The van der Waals surface area contributed by atoms with Gasteiger partial charge in [-0.05, 0) is 26.7 Å². The van der Waals surface area contributed by atoms with Crippen molar-refractivity contribution in [3.8, 4) is 0 Å². The second-order valence-electron chi connectivity index (χ2n) is 5.03. The molecule has 0 rings (SSSR count). The lowest BCUT2D eigenvalue weighted by Gasteiger charge is -2.20. The molecule has 1 unspecified atom stereocenters. The molecule has 0 aliphatic carbocycles. The van der Waals surface area contributed by atoms with Gasteiger partial charge in [0.25, 0.3) is 0 Å². The fourth-order valence-corrected chi connectivity index (χ4v) is 0.935. The Labute approximate surface area is 92.0 Å². The molecule has 0 aliphatic rings. The zero-order valence-electron chi connectivity index (χ0n) is 10.3. The lowest BCUT2D eigenvalue weighted by atomic mass is 10.1. The lowest BCUT2D eigenvalue weighted by Crippen LogP contribution is -2.36. The number of aliphatic hydroxyl groups excluding tert-OH is 1. The van der Waals surface area contributed by atoms with E-state index in [4.69, 9.17) is 4.74 Å². The third-order valence-electron chi connectivity index (χ3n) is 1.81. The van der Waals surface area contributed by atoms with Gasteiger partial charge < -0.3 is 15.2 Å². The standard InChI is InChI=1S/C11H23NO3/c1-8(2)9(13)6-12-7-10(14)15-11(3,4)5/h8-9,12-13H,6-7H2,1-5H3. The number of aliphatic hydroxyl groups is 1. The molecule has 1 atom stereocenters. The van der Waals surface area contributed by atoms with Crippen LogP contribution < -0.4 is 5.32 Å². The number of nitrogens with one attached hydrogen (secondary N) is 1. The van der Waals surface area contributed by atoms with E-state index >= 15 is 0 Å². The second kappa shape index (κ2) is 6.08. The summed E-state index contributed by atoms with van der Waals surface area (Å²) >= 11 is 0. The third-order valence-corrected chi connectivity index (χ3v) is 1.81. The van der Waals surface area contributed by atoms with Gasteiger partial charge in [0.1, 0.15) is 5.60 Å². The number of ether oxygens (including phenoxy) is 1. The monoisotopic (exact) mass is 217 g/mol. The number of rotatable bonds is 5. The molecular formula is C11H23NO3. The molecule has 0 spiro atoms. The molecule has 0 amide bonds. The molecule has 0 aliphatic heterocycles. The third kappa shape index (κ3) is 8.39. The van der Waals surface area contributed by atoms with Crippen molar-refractivity contribution in [2.45, 2.75) is 46.3 Å². The largest absolute Gasteiger partial charge is 0.459 e. The van der Waals surface area contributed by atoms with E-state index in [1.807, 2.05) is 34.6 Å². The average molecular weight is 217 g/mol. The summed E-state index contributed by atoms with van der Waals surface area (Å²) in [4.78, 5) is 11.2. The molecule has 0 aromatic heterocycles. The minimum atomic E-state index is -0.449. The van der Waals surface area contributed by atoms with E-state index in [0.29, 0.717) is 6.54 Å². The molecule has 0 aromatic rings.